The Hall–Kier alpha value is -3.15. The first-order valence-electron chi connectivity index (χ1n) is 7.75. The van der Waals surface area contributed by atoms with Crippen molar-refractivity contribution in [2.24, 2.45) is 0 Å². The van der Waals surface area contributed by atoms with E-state index in [9.17, 15) is 19.5 Å². The van der Waals surface area contributed by atoms with Gasteiger partial charge in [0.05, 0.1) is 0 Å². The Bertz CT molecular complexity index is 717. The maximum absolute atomic E-state index is 12.1. The summed E-state index contributed by atoms with van der Waals surface area (Å²) < 4.78 is 5.09. The number of hydrogen-bond donors (Lipinski definition) is 2. The number of alkyl carbamates (subject to hydrolysis) is 1. The number of ether oxygens (including phenoxy) is 1. The zero-order valence-corrected chi connectivity index (χ0v) is 13.6. The highest BCUT2D eigenvalue weighted by Gasteiger charge is 2.40. The molecule has 2 aromatic rings. The molecule has 6 nitrogen and oxygen atoms in total. The second-order valence-corrected chi connectivity index (χ2v) is 5.61. The summed E-state index contributed by atoms with van der Waals surface area (Å²) in [6.45, 7) is 0.00873. The van der Waals surface area contributed by atoms with E-state index in [0.717, 1.165) is 5.56 Å². The fraction of sp³-hybridized carbons (Fsp3) is 0.211. The van der Waals surface area contributed by atoms with Crippen LogP contribution in [0.15, 0.2) is 60.7 Å². The fourth-order valence-corrected chi connectivity index (χ4v) is 2.42. The molecule has 0 spiro atoms. The minimum atomic E-state index is -1.75. The highest BCUT2D eigenvalue weighted by Crippen LogP contribution is 2.18. The predicted molar refractivity (Wildman–Crippen MR) is 91.0 cm³/mol. The lowest BCUT2D eigenvalue weighted by Crippen LogP contribution is -2.56. The quantitative estimate of drug-likeness (QED) is 0.720. The molecule has 0 bridgehead atoms. The van der Waals surface area contributed by atoms with E-state index in [-0.39, 0.29) is 19.4 Å². The van der Waals surface area contributed by atoms with Crippen molar-refractivity contribution in [3.63, 3.8) is 0 Å². The third-order valence-corrected chi connectivity index (χ3v) is 3.74. The summed E-state index contributed by atoms with van der Waals surface area (Å²) in [5, 5.41) is 12.0. The van der Waals surface area contributed by atoms with Crippen LogP contribution in [-0.4, -0.2) is 29.0 Å². The number of nitrogens with one attached hydrogen (secondary N) is 1. The van der Waals surface area contributed by atoms with Gasteiger partial charge in [-0.25, -0.2) is 9.59 Å². The Morgan fingerprint density at radius 3 is 2.08 bits per heavy atom. The summed E-state index contributed by atoms with van der Waals surface area (Å²) >= 11 is 0. The number of amides is 1. The van der Waals surface area contributed by atoms with Crippen LogP contribution in [0.3, 0.4) is 0 Å². The normalized spacial score (nSPS) is 12.6. The van der Waals surface area contributed by atoms with Gasteiger partial charge in [-0.2, -0.15) is 0 Å². The molecule has 0 aliphatic rings. The summed E-state index contributed by atoms with van der Waals surface area (Å²) in [5.41, 5.74) is -0.288. The third kappa shape index (κ3) is 5.17. The molecule has 6 heteroatoms. The second-order valence-electron chi connectivity index (χ2n) is 5.61. The van der Waals surface area contributed by atoms with Crippen molar-refractivity contribution < 1.29 is 24.2 Å². The van der Waals surface area contributed by atoms with E-state index >= 15 is 0 Å². The number of hydrogen-bond acceptors (Lipinski definition) is 4. The molecule has 130 valence electrons. The molecule has 0 aromatic heterocycles. The van der Waals surface area contributed by atoms with Crippen LogP contribution in [0.5, 0.6) is 0 Å². The number of aliphatic carboxylic acids is 1. The number of carboxylic acid groups (broad SMARTS) is 1. The zero-order valence-electron chi connectivity index (χ0n) is 13.6. The van der Waals surface area contributed by atoms with Crippen molar-refractivity contribution in [2.45, 2.75) is 25.0 Å². The monoisotopic (exact) mass is 341 g/mol. The van der Waals surface area contributed by atoms with Gasteiger partial charge in [-0.05, 0) is 11.1 Å². The van der Waals surface area contributed by atoms with Gasteiger partial charge in [0.2, 0.25) is 0 Å². The first-order chi connectivity index (χ1) is 12.1. The Kier molecular flexibility index (Phi) is 6.28. The Balaban J connectivity index is 2.10. The minimum absolute atomic E-state index is 0.00873. The van der Waals surface area contributed by atoms with E-state index in [4.69, 9.17) is 4.74 Å². The fourth-order valence-electron chi connectivity index (χ4n) is 2.42. The van der Waals surface area contributed by atoms with Crippen molar-refractivity contribution >= 4 is 18.3 Å². The first-order valence-corrected chi connectivity index (χ1v) is 7.75. The third-order valence-electron chi connectivity index (χ3n) is 3.74. The van der Waals surface area contributed by atoms with Gasteiger partial charge in [-0.1, -0.05) is 60.7 Å². The van der Waals surface area contributed by atoms with E-state index in [1.165, 1.54) is 0 Å². The lowest BCUT2D eigenvalue weighted by Gasteiger charge is -2.28. The van der Waals surface area contributed by atoms with E-state index in [1.54, 1.807) is 54.6 Å². The molecule has 0 saturated heterocycles. The molecule has 2 aromatic carbocycles. The van der Waals surface area contributed by atoms with Gasteiger partial charge < -0.3 is 20.0 Å². The smallest absolute Gasteiger partial charge is 0.408 e. The Morgan fingerprint density at radius 1 is 1.00 bits per heavy atom. The van der Waals surface area contributed by atoms with Gasteiger partial charge in [-0.3, -0.25) is 0 Å². The Labute approximate surface area is 145 Å². The summed E-state index contributed by atoms with van der Waals surface area (Å²) in [6, 6.07) is 17.8. The number of rotatable bonds is 8. The number of aldehydes is 1. The van der Waals surface area contributed by atoms with Gasteiger partial charge >= 0.3 is 12.1 Å². The molecule has 1 atom stereocenters. The standard InChI is InChI=1S/C19H19NO5/c21-12-11-19(17(22)23,13-15-7-3-1-4-8-15)20-18(24)25-14-16-9-5-2-6-10-16/h1-10,12H,11,13-14H2,(H,20,24)(H,22,23)/t19-/m1/s1. The highest BCUT2D eigenvalue weighted by atomic mass is 16.5. The van der Waals surface area contributed by atoms with E-state index in [1.807, 2.05) is 6.07 Å². The topological polar surface area (TPSA) is 92.7 Å². The molecular formula is C19H19NO5. The molecule has 0 radical (unpaired) electrons. The van der Waals surface area contributed by atoms with Gasteiger partial charge in [0, 0.05) is 12.8 Å². The number of carboxylic acids is 1. The average molecular weight is 341 g/mol. The summed E-state index contributed by atoms with van der Waals surface area (Å²) in [7, 11) is 0. The van der Waals surface area contributed by atoms with Crippen molar-refractivity contribution in [3.8, 4) is 0 Å². The number of carbonyl (C=O) groups excluding carboxylic acids is 2. The summed E-state index contributed by atoms with van der Waals surface area (Å²) in [4.78, 5) is 34.9. The molecule has 0 unspecified atom stereocenters. The molecule has 2 N–H and O–H groups in total. The van der Waals surface area contributed by atoms with Crippen LogP contribution in [0.4, 0.5) is 4.79 Å². The molecule has 2 rings (SSSR count). The minimum Gasteiger partial charge on any atom is -0.479 e. The Morgan fingerprint density at radius 2 is 1.56 bits per heavy atom. The molecule has 0 aliphatic carbocycles. The molecule has 0 heterocycles. The summed E-state index contributed by atoms with van der Waals surface area (Å²) in [6.07, 6.45) is -0.793. The molecule has 0 saturated carbocycles. The lowest BCUT2D eigenvalue weighted by molar-refractivity contribution is -0.146. The summed E-state index contributed by atoms with van der Waals surface area (Å²) in [5.74, 6) is -1.29. The molecule has 0 aliphatic heterocycles. The van der Waals surface area contributed by atoms with Gasteiger partial charge in [0.15, 0.2) is 5.54 Å². The number of benzene rings is 2. The van der Waals surface area contributed by atoms with Crippen LogP contribution in [0.2, 0.25) is 0 Å². The van der Waals surface area contributed by atoms with Crippen molar-refractivity contribution in [1.29, 1.82) is 0 Å². The van der Waals surface area contributed by atoms with Crippen molar-refractivity contribution in [1.82, 2.24) is 5.32 Å². The SMILES string of the molecule is O=CC[C@](Cc1ccccc1)(NC(=O)OCc1ccccc1)C(=O)O. The second kappa shape index (κ2) is 8.63. The molecular weight excluding hydrogens is 322 g/mol. The maximum atomic E-state index is 12.1. The van der Waals surface area contributed by atoms with Gasteiger partial charge in [0.25, 0.3) is 0 Å². The molecule has 0 fully saturated rings. The number of carbonyl (C=O) groups is 3. The van der Waals surface area contributed by atoms with Crippen LogP contribution in [-0.2, 0) is 27.4 Å². The van der Waals surface area contributed by atoms with Crippen LogP contribution in [0.1, 0.15) is 17.5 Å². The lowest BCUT2D eigenvalue weighted by atomic mass is 9.88. The van der Waals surface area contributed by atoms with E-state index < -0.39 is 17.6 Å². The molecule has 25 heavy (non-hydrogen) atoms. The highest BCUT2D eigenvalue weighted by molar-refractivity contribution is 5.87. The van der Waals surface area contributed by atoms with Crippen molar-refractivity contribution in [3.05, 3.63) is 71.8 Å². The first kappa shape index (κ1) is 18.2. The predicted octanol–water partition coefficient (Wildman–Crippen LogP) is 2.57. The van der Waals surface area contributed by atoms with Crippen molar-refractivity contribution in [2.75, 3.05) is 0 Å². The van der Waals surface area contributed by atoms with Crippen LogP contribution >= 0.6 is 0 Å². The maximum Gasteiger partial charge on any atom is 0.408 e. The van der Waals surface area contributed by atoms with Gasteiger partial charge in [-0.15, -0.1) is 0 Å². The molecule has 1 amide bonds. The van der Waals surface area contributed by atoms with E-state index in [0.29, 0.717) is 11.8 Å². The van der Waals surface area contributed by atoms with Gasteiger partial charge in [0.1, 0.15) is 12.9 Å². The average Bonchev–Trinajstić information content (AvgIpc) is 2.62. The van der Waals surface area contributed by atoms with Crippen LogP contribution in [0.25, 0.3) is 0 Å². The largest absolute Gasteiger partial charge is 0.479 e. The van der Waals surface area contributed by atoms with Crippen LogP contribution < -0.4 is 5.32 Å². The zero-order chi connectivity index (χ0) is 18.1. The van der Waals surface area contributed by atoms with E-state index in [2.05, 4.69) is 5.32 Å². The van der Waals surface area contributed by atoms with Crippen LogP contribution in [0, 0.1) is 0 Å².